The second-order valence-corrected chi connectivity index (χ2v) is 4.59. The summed E-state index contributed by atoms with van der Waals surface area (Å²) in [6.45, 7) is 1.96. The molecule has 0 amide bonds. The van der Waals surface area contributed by atoms with Crippen LogP contribution in [0.15, 0.2) is 12.4 Å². The van der Waals surface area contributed by atoms with Gasteiger partial charge in [0.1, 0.15) is 12.2 Å². The Balaban J connectivity index is 2.04. The highest BCUT2D eigenvalue weighted by Crippen LogP contribution is 2.32. The zero-order chi connectivity index (χ0) is 11.1. The van der Waals surface area contributed by atoms with Gasteiger partial charge in [-0.25, -0.2) is 4.98 Å². The van der Waals surface area contributed by atoms with Crippen molar-refractivity contribution in [2.24, 2.45) is 5.73 Å². The van der Waals surface area contributed by atoms with E-state index in [4.69, 9.17) is 5.73 Å². The van der Waals surface area contributed by atoms with Gasteiger partial charge >= 0.3 is 0 Å². The van der Waals surface area contributed by atoms with Gasteiger partial charge in [-0.15, -0.1) is 10.2 Å². The Hall–Kier alpha value is -1.49. The number of aromatic nitrogens is 4. The van der Waals surface area contributed by atoms with Crippen LogP contribution in [0.5, 0.6) is 0 Å². The van der Waals surface area contributed by atoms with E-state index in [2.05, 4.69) is 15.2 Å². The summed E-state index contributed by atoms with van der Waals surface area (Å²) in [6, 6.07) is 2.27. The molecular weight excluding hydrogens is 202 g/mol. The first-order valence-corrected chi connectivity index (χ1v) is 5.67. The van der Waals surface area contributed by atoms with Crippen LogP contribution in [0.1, 0.15) is 36.7 Å². The van der Waals surface area contributed by atoms with Crippen molar-refractivity contribution < 1.29 is 0 Å². The summed E-state index contributed by atoms with van der Waals surface area (Å²) in [5.41, 5.74) is 7.77. The van der Waals surface area contributed by atoms with Gasteiger partial charge in [-0.05, 0) is 26.2 Å². The predicted octanol–water partition coefficient (Wildman–Crippen LogP) is 1.03. The summed E-state index contributed by atoms with van der Waals surface area (Å²) in [5, 5.41) is 8.45. The molecule has 0 aliphatic heterocycles. The van der Waals surface area contributed by atoms with E-state index in [1.807, 2.05) is 23.7 Å². The monoisotopic (exact) mass is 217 g/mol. The number of fused-ring (bicyclic) bond motifs is 1. The van der Waals surface area contributed by atoms with Crippen LogP contribution in [0.4, 0.5) is 0 Å². The van der Waals surface area contributed by atoms with Crippen molar-refractivity contribution in [3.05, 3.63) is 23.9 Å². The summed E-state index contributed by atoms with van der Waals surface area (Å²) in [6.07, 6.45) is 5.01. The quantitative estimate of drug-likeness (QED) is 0.774. The molecule has 1 aliphatic carbocycles. The van der Waals surface area contributed by atoms with Gasteiger partial charge in [0.05, 0.1) is 0 Å². The van der Waals surface area contributed by atoms with E-state index in [-0.39, 0.29) is 0 Å². The Labute approximate surface area is 93.7 Å². The molecular formula is C11H15N5. The topological polar surface area (TPSA) is 69.1 Å². The Kier molecular flexibility index (Phi) is 2.14. The summed E-state index contributed by atoms with van der Waals surface area (Å²) < 4.78 is 1.98. The van der Waals surface area contributed by atoms with Gasteiger partial charge < -0.3 is 5.73 Å². The molecule has 1 saturated carbocycles. The van der Waals surface area contributed by atoms with Gasteiger partial charge in [-0.1, -0.05) is 0 Å². The van der Waals surface area contributed by atoms with E-state index >= 15 is 0 Å². The maximum Gasteiger partial charge on any atom is 0.163 e. The molecule has 0 unspecified atom stereocenters. The zero-order valence-electron chi connectivity index (χ0n) is 9.30. The summed E-state index contributed by atoms with van der Waals surface area (Å²) in [5.74, 6) is 1.45. The second-order valence-electron chi connectivity index (χ2n) is 4.59. The molecule has 2 N–H and O–H groups in total. The largest absolute Gasteiger partial charge is 0.328 e. The first-order chi connectivity index (χ1) is 7.74. The normalized spacial score (nSPS) is 25.4. The number of hydrogen-bond donors (Lipinski definition) is 1. The molecule has 16 heavy (non-hydrogen) atoms. The fourth-order valence-electron chi connectivity index (χ4n) is 2.44. The van der Waals surface area contributed by atoms with Crippen LogP contribution in [-0.4, -0.2) is 25.6 Å². The standard InChI is InChI=1S/C11H15N5/c1-7-4-10-14-15-11(16(10)6-13-7)8-2-3-9(12)5-8/h4,6,8-9H,2-3,5,12H2,1H3/t8-,9+/m1/s1. The zero-order valence-corrected chi connectivity index (χ0v) is 9.30. The Morgan fingerprint density at radius 3 is 3.00 bits per heavy atom. The first kappa shape index (κ1) is 9.72. The van der Waals surface area contributed by atoms with Crippen LogP contribution in [0.25, 0.3) is 5.65 Å². The first-order valence-electron chi connectivity index (χ1n) is 5.67. The van der Waals surface area contributed by atoms with Crippen molar-refractivity contribution in [1.29, 1.82) is 0 Å². The lowest BCUT2D eigenvalue weighted by Crippen LogP contribution is -2.15. The summed E-state index contributed by atoms with van der Waals surface area (Å²) >= 11 is 0. The van der Waals surface area contributed by atoms with Gasteiger partial charge in [0.25, 0.3) is 0 Å². The highest BCUT2D eigenvalue weighted by atomic mass is 15.3. The summed E-state index contributed by atoms with van der Waals surface area (Å²) in [4.78, 5) is 4.28. The lowest BCUT2D eigenvalue weighted by atomic mass is 10.1. The molecule has 0 spiro atoms. The SMILES string of the molecule is Cc1cc2nnc([C@@H]3CC[C@H](N)C3)n2cn1. The van der Waals surface area contributed by atoms with Crippen LogP contribution in [0, 0.1) is 6.92 Å². The van der Waals surface area contributed by atoms with Crippen molar-refractivity contribution >= 4 is 5.65 Å². The van der Waals surface area contributed by atoms with Crippen LogP contribution in [-0.2, 0) is 0 Å². The van der Waals surface area contributed by atoms with Crippen molar-refractivity contribution in [2.45, 2.75) is 38.1 Å². The van der Waals surface area contributed by atoms with E-state index in [0.29, 0.717) is 12.0 Å². The molecule has 1 fully saturated rings. The average Bonchev–Trinajstić information content (AvgIpc) is 2.83. The number of rotatable bonds is 1. The third kappa shape index (κ3) is 1.48. The molecule has 2 aromatic heterocycles. The van der Waals surface area contributed by atoms with Gasteiger partial charge in [0.2, 0.25) is 0 Å². The minimum absolute atomic E-state index is 0.316. The van der Waals surface area contributed by atoms with Gasteiger partial charge in [0, 0.05) is 23.7 Å². The minimum atomic E-state index is 0.316. The number of aryl methyl sites for hydroxylation is 1. The predicted molar refractivity (Wildman–Crippen MR) is 60.1 cm³/mol. The van der Waals surface area contributed by atoms with Crippen molar-refractivity contribution in [3.8, 4) is 0 Å². The van der Waals surface area contributed by atoms with E-state index in [0.717, 1.165) is 36.4 Å². The van der Waals surface area contributed by atoms with Gasteiger partial charge in [-0.2, -0.15) is 0 Å². The smallest absolute Gasteiger partial charge is 0.163 e. The molecule has 5 nitrogen and oxygen atoms in total. The molecule has 3 rings (SSSR count). The molecule has 0 saturated heterocycles. The maximum absolute atomic E-state index is 5.93. The number of nitrogens with zero attached hydrogens (tertiary/aromatic N) is 4. The fraction of sp³-hybridized carbons (Fsp3) is 0.545. The van der Waals surface area contributed by atoms with Gasteiger partial charge in [0.15, 0.2) is 5.65 Å². The van der Waals surface area contributed by atoms with Crippen LogP contribution >= 0.6 is 0 Å². The van der Waals surface area contributed by atoms with Crippen molar-refractivity contribution in [2.75, 3.05) is 0 Å². The highest BCUT2D eigenvalue weighted by Gasteiger charge is 2.27. The lowest BCUT2D eigenvalue weighted by molar-refractivity contribution is 0.634. The Morgan fingerprint density at radius 1 is 1.38 bits per heavy atom. The minimum Gasteiger partial charge on any atom is -0.328 e. The molecule has 84 valence electrons. The third-order valence-corrected chi connectivity index (χ3v) is 3.30. The van der Waals surface area contributed by atoms with Crippen molar-refractivity contribution in [1.82, 2.24) is 19.6 Å². The Bertz CT molecular complexity index is 518. The highest BCUT2D eigenvalue weighted by molar-refractivity contribution is 5.38. The summed E-state index contributed by atoms with van der Waals surface area (Å²) in [7, 11) is 0. The molecule has 2 aromatic rings. The molecule has 2 atom stereocenters. The molecule has 5 heteroatoms. The lowest BCUT2D eigenvalue weighted by Gasteiger charge is -2.06. The third-order valence-electron chi connectivity index (χ3n) is 3.30. The van der Waals surface area contributed by atoms with Crippen LogP contribution in [0.2, 0.25) is 0 Å². The molecule has 0 bridgehead atoms. The molecule has 0 radical (unpaired) electrons. The fourth-order valence-corrected chi connectivity index (χ4v) is 2.44. The van der Waals surface area contributed by atoms with Crippen LogP contribution in [0.3, 0.4) is 0 Å². The van der Waals surface area contributed by atoms with Gasteiger partial charge in [-0.3, -0.25) is 4.40 Å². The maximum atomic E-state index is 5.93. The van der Waals surface area contributed by atoms with Crippen LogP contribution < -0.4 is 5.73 Å². The van der Waals surface area contributed by atoms with Crippen molar-refractivity contribution in [3.63, 3.8) is 0 Å². The van der Waals surface area contributed by atoms with E-state index in [1.54, 1.807) is 0 Å². The molecule has 2 heterocycles. The Morgan fingerprint density at radius 2 is 2.25 bits per heavy atom. The molecule has 1 aliphatic rings. The van der Waals surface area contributed by atoms with E-state index in [9.17, 15) is 0 Å². The number of hydrogen-bond acceptors (Lipinski definition) is 4. The molecule has 0 aromatic carbocycles. The van der Waals surface area contributed by atoms with E-state index < -0.39 is 0 Å². The number of nitrogens with two attached hydrogens (primary N) is 1. The van der Waals surface area contributed by atoms with E-state index in [1.165, 1.54) is 0 Å². The second kappa shape index (κ2) is 3.52. The average molecular weight is 217 g/mol.